The molecule has 23 heavy (non-hydrogen) atoms. The molecule has 0 spiro atoms. The molecule has 0 heterocycles. The minimum atomic E-state index is -0.467. The molecule has 2 amide bonds. The molecule has 1 aliphatic carbocycles. The smallest absolute Gasteiger partial charge is 0.234 e. The van der Waals surface area contributed by atoms with E-state index in [4.69, 9.17) is 5.73 Å². The van der Waals surface area contributed by atoms with Crippen molar-refractivity contribution in [3.8, 4) is 0 Å². The number of benzene rings is 1. The third-order valence-electron chi connectivity index (χ3n) is 4.26. The van der Waals surface area contributed by atoms with Crippen LogP contribution >= 0.6 is 0 Å². The van der Waals surface area contributed by atoms with Gasteiger partial charge in [-0.3, -0.25) is 14.5 Å². The van der Waals surface area contributed by atoms with Crippen LogP contribution in [0.4, 0.5) is 4.39 Å². The van der Waals surface area contributed by atoms with Gasteiger partial charge in [-0.2, -0.15) is 0 Å². The maximum atomic E-state index is 13.1. The molecule has 1 saturated carbocycles. The van der Waals surface area contributed by atoms with Crippen LogP contribution in [0.1, 0.15) is 37.3 Å². The van der Waals surface area contributed by atoms with Gasteiger partial charge in [-0.25, -0.2) is 4.39 Å². The first-order valence-corrected chi connectivity index (χ1v) is 7.97. The van der Waals surface area contributed by atoms with Gasteiger partial charge in [0.2, 0.25) is 11.8 Å². The fourth-order valence-electron chi connectivity index (χ4n) is 3.22. The molecule has 0 aromatic heterocycles. The van der Waals surface area contributed by atoms with Crippen LogP contribution in [0.25, 0.3) is 0 Å². The Labute approximate surface area is 136 Å². The number of nitrogens with zero attached hydrogens (tertiary/aromatic N) is 1. The highest BCUT2D eigenvalue weighted by molar-refractivity contribution is 5.80. The Hall–Kier alpha value is -1.95. The highest BCUT2D eigenvalue weighted by Gasteiger charge is 2.28. The summed E-state index contributed by atoms with van der Waals surface area (Å²) in [7, 11) is 1.67. The second-order valence-corrected chi connectivity index (χ2v) is 6.28. The molecule has 1 fully saturated rings. The van der Waals surface area contributed by atoms with Crippen LogP contribution in [0, 0.1) is 11.7 Å². The summed E-state index contributed by atoms with van der Waals surface area (Å²) in [6.07, 6.45) is 4.42. The van der Waals surface area contributed by atoms with E-state index >= 15 is 0 Å². The molecule has 1 aromatic rings. The molecule has 5 nitrogen and oxygen atoms in total. The molecule has 1 aromatic carbocycles. The van der Waals surface area contributed by atoms with E-state index < -0.39 is 5.91 Å². The van der Waals surface area contributed by atoms with Gasteiger partial charge in [0.1, 0.15) is 5.82 Å². The van der Waals surface area contributed by atoms with Crippen molar-refractivity contribution in [1.82, 2.24) is 10.2 Å². The van der Waals surface area contributed by atoms with E-state index in [1.807, 2.05) is 0 Å². The number of carbonyl (C=O) groups is 2. The van der Waals surface area contributed by atoms with Gasteiger partial charge >= 0.3 is 0 Å². The van der Waals surface area contributed by atoms with Crippen molar-refractivity contribution >= 4 is 11.8 Å². The number of halogens is 1. The van der Waals surface area contributed by atoms with Crippen LogP contribution in [0.5, 0.6) is 0 Å². The third kappa shape index (κ3) is 5.32. The Morgan fingerprint density at radius 3 is 2.43 bits per heavy atom. The molecule has 0 saturated heterocycles. The van der Waals surface area contributed by atoms with E-state index in [0.717, 1.165) is 31.2 Å². The molecule has 0 bridgehead atoms. The molecule has 3 N–H and O–H groups in total. The minimum absolute atomic E-state index is 0.0397. The zero-order valence-electron chi connectivity index (χ0n) is 13.4. The predicted molar refractivity (Wildman–Crippen MR) is 85.9 cm³/mol. The number of likely N-dealkylation sites (N-methyl/N-ethyl adjacent to an activating group) is 1. The Morgan fingerprint density at radius 1 is 1.26 bits per heavy atom. The first-order valence-electron chi connectivity index (χ1n) is 7.97. The van der Waals surface area contributed by atoms with Crippen LogP contribution in [-0.2, 0) is 9.59 Å². The van der Waals surface area contributed by atoms with Crippen LogP contribution in [0.2, 0.25) is 0 Å². The van der Waals surface area contributed by atoms with Gasteiger partial charge in [0.25, 0.3) is 0 Å². The summed E-state index contributed by atoms with van der Waals surface area (Å²) >= 11 is 0. The van der Waals surface area contributed by atoms with E-state index in [2.05, 4.69) is 5.32 Å². The lowest BCUT2D eigenvalue weighted by Crippen LogP contribution is -2.41. The summed E-state index contributed by atoms with van der Waals surface area (Å²) < 4.78 is 13.1. The van der Waals surface area contributed by atoms with Crippen LogP contribution < -0.4 is 11.1 Å². The van der Waals surface area contributed by atoms with Crippen molar-refractivity contribution < 1.29 is 14.0 Å². The van der Waals surface area contributed by atoms with Crippen LogP contribution in [0.3, 0.4) is 0 Å². The van der Waals surface area contributed by atoms with Gasteiger partial charge in [0, 0.05) is 0 Å². The molecule has 1 atom stereocenters. The van der Waals surface area contributed by atoms with Crippen LogP contribution in [-0.4, -0.2) is 36.9 Å². The van der Waals surface area contributed by atoms with Gasteiger partial charge in [0.05, 0.1) is 19.1 Å². The Morgan fingerprint density at radius 2 is 1.87 bits per heavy atom. The normalized spacial score (nSPS) is 16.5. The maximum absolute atomic E-state index is 13.1. The fourth-order valence-corrected chi connectivity index (χ4v) is 3.22. The van der Waals surface area contributed by atoms with Crippen molar-refractivity contribution in [3.05, 3.63) is 35.6 Å². The molecule has 6 heteroatoms. The molecule has 0 radical (unpaired) electrons. The predicted octanol–water partition coefficient (Wildman–Crippen LogP) is 1.59. The standard InChI is InChI=1S/C17H24FN3O2/c1-21(10-15(19)22)11-16(23)20-17(12-4-2-3-5-12)13-6-8-14(18)9-7-13/h6-9,12,17H,2-5,10-11H2,1H3,(H2,19,22)(H,20,23)/t17-/m0/s1. The summed E-state index contributed by atoms with van der Waals surface area (Å²) in [5.41, 5.74) is 6.05. The topological polar surface area (TPSA) is 75.4 Å². The zero-order valence-corrected chi connectivity index (χ0v) is 13.4. The van der Waals surface area contributed by atoms with Gasteiger partial charge in [0.15, 0.2) is 0 Å². The lowest BCUT2D eigenvalue weighted by Gasteiger charge is -2.26. The Kier molecular flexibility index (Phi) is 6.10. The number of rotatable bonds is 7. The third-order valence-corrected chi connectivity index (χ3v) is 4.26. The lowest BCUT2D eigenvalue weighted by molar-refractivity contribution is -0.124. The first kappa shape index (κ1) is 17.4. The van der Waals surface area contributed by atoms with Crippen molar-refractivity contribution in [3.63, 3.8) is 0 Å². The average molecular weight is 321 g/mol. The second-order valence-electron chi connectivity index (χ2n) is 6.28. The summed E-state index contributed by atoms with van der Waals surface area (Å²) in [6, 6.07) is 6.18. The molecular formula is C17H24FN3O2. The number of nitrogens with two attached hydrogens (primary N) is 1. The number of hydrogen-bond acceptors (Lipinski definition) is 3. The van der Waals surface area contributed by atoms with Crippen molar-refractivity contribution in [2.24, 2.45) is 11.7 Å². The SMILES string of the molecule is CN(CC(N)=O)CC(=O)N[C@H](c1ccc(F)cc1)C1CCCC1. The van der Waals surface area contributed by atoms with Crippen LogP contribution in [0.15, 0.2) is 24.3 Å². The second kappa shape index (κ2) is 8.06. The molecule has 0 aliphatic heterocycles. The van der Waals surface area contributed by atoms with E-state index in [9.17, 15) is 14.0 Å². The minimum Gasteiger partial charge on any atom is -0.369 e. The molecule has 2 rings (SSSR count). The maximum Gasteiger partial charge on any atom is 0.234 e. The summed E-state index contributed by atoms with van der Waals surface area (Å²) in [5.74, 6) is -0.543. The molecule has 126 valence electrons. The molecule has 0 unspecified atom stereocenters. The number of amides is 2. The van der Waals surface area contributed by atoms with Crippen molar-refractivity contribution in [2.45, 2.75) is 31.7 Å². The molecule has 1 aliphatic rings. The quantitative estimate of drug-likeness (QED) is 0.801. The zero-order chi connectivity index (χ0) is 16.8. The number of carbonyl (C=O) groups excluding carboxylic acids is 2. The van der Waals surface area contributed by atoms with Gasteiger partial charge in [-0.15, -0.1) is 0 Å². The monoisotopic (exact) mass is 321 g/mol. The average Bonchev–Trinajstić information content (AvgIpc) is 2.98. The lowest BCUT2D eigenvalue weighted by atomic mass is 9.91. The highest BCUT2D eigenvalue weighted by atomic mass is 19.1. The summed E-state index contributed by atoms with van der Waals surface area (Å²) in [5, 5.41) is 3.04. The number of hydrogen-bond donors (Lipinski definition) is 2. The Balaban J connectivity index is 2.04. The fraction of sp³-hybridized carbons (Fsp3) is 0.529. The van der Waals surface area contributed by atoms with E-state index in [1.165, 1.54) is 12.1 Å². The van der Waals surface area contributed by atoms with E-state index in [1.54, 1.807) is 24.1 Å². The Bertz CT molecular complexity index is 541. The number of primary amides is 1. The van der Waals surface area contributed by atoms with Crippen molar-refractivity contribution in [1.29, 1.82) is 0 Å². The molecular weight excluding hydrogens is 297 g/mol. The van der Waals surface area contributed by atoms with Gasteiger partial charge < -0.3 is 11.1 Å². The van der Waals surface area contributed by atoms with Gasteiger partial charge in [-0.05, 0) is 43.5 Å². The highest BCUT2D eigenvalue weighted by Crippen LogP contribution is 2.35. The van der Waals surface area contributed by atoms with Crippen molar-refractivity contribution in [2.75, 3.05) is 20.1 Å². The van der Waals surface area contributed by atoms with E-state index in [-0.39, 0.29) is 30.9 Å². The largest absolute Gasteiger partial charge is 0.369 e. The first-order chi connectivity index (χ1) is 11.0. The van der Waals surface area contributed by atoms with Gasteiger partial charge in [-0.1, -0.05) is 25.0 Å². The summed E-state index contributed by atoms with van der Waals surface area (Å²) in [6.45, 7) is 0.144. The van der Waals surface area contributed by atoms with E-state index in [0.29, 0.717) is 5.92 Å². The summed E-state index contributed by atoms with van der Waals surface area (Å²) in [4.78, 5) is 24.7. The number of nitrogens with one attached hydrogen (secondary N) is 1.